The third-order valence-corrected chi connectivity index (χ3v) is 4.19. The maximum Gasteiger partial charge on any atom is 0.252 e. The van der Waals surface area contributed by atoms with Gasteiger partial charge in [0.1, 0.15) is 5.82 Å². The number of nitrogens with zero attached hydrogens (tertiary/aromatic N) is 2. The lowest BCUT2D eigenvalue weighted by atomic mass is 9.88. The Labute approximate surface area is 107 Å². The molecule has 5 nitrogen and oxygen atoms in total. The SMILES string of the molecule is O=c1cc(N2CCC(C3CCCN3)CC2)nc[nH]1. The van der Waals surface area contributed by atoms with Gasteiger partial charge in [0.05, 0.1) is 6.33 Å². The first-order chi connectivity index (χ1) is 8.83. The van der Waals surface area contributed by atoms with Crippen LogP contribution in [0.1, 0.15) is 25.7 Å². The Morgan fingerprint density at radius 2 is 2.11 bits per heavy atom. The van der Waals surface area contributed by atoms with Gasteiger partial charge >= 0.3 is 0 Å². The molecule has 98 valence electrons. The van der Waals surface area contributed by atoms with Crippen LogP contribution in [0, 0.1) is 5.92 Å². The van der Waals surface area contributed by atoms with E-state index in [-0.39, 0.29) is 5.56 Å². The third-order valence-electron chi connectivity index (χ3n) is 4.19. The molecule has 1 aromatic rings. The lowest BCUT2D eigenvalue weighted by molar-refractivity contribution is 0.318. The summed E-state index contributed by atoms with van der Waals surface area (Å²) in [5.74, 6) is 1.61. The number of hydrogen-bond acceptors (Lipinski definition) is 4. The topological polar surface area (TPSA) is 61.0 Å². The van der Waals surface area contributed by atoms with E-state index in [9.17, 15) is 4.79 Å². The zero-order valence-corrected chi connectivity index (χ0v) is 10.6. The molecule has 1 unspecified atom stereocenters. The first-order valence-corrected chi connectivity index (χ1v) is 6.86. The minimum absolute atomic E-state index is 0.0698. The summed E-state index contributed by atoms with van der Waals surface area (Å²) in [5, 5.41) is 3.60. The van der Waals surface area contributed by atoms with Gasteiger partial charge in [-0.2, -0.15) is 0 Å². The lowest BCUT2D eigenvalue weighted by Crippen LogP contribution is -2.41. The van der Waals surface area contributed by atoms with E-state index in [1.54, 1.807) is 6.07 Å². The Hall–Kier alpha value is -1.36. The average molecular weight is 248 g/mol. The Morgan fingerprint density at radius 3 is 2.78 bits per heavy atom. The molecule has 18 heavy (non-hydrogen) atoms. The number of aromatic amines is 1. The molecular formula is C13H20N4O. The van der Waals surface area contributed by atoms with E-state index in [1.165, 1.54) is 38.6 Å². The standard InChI is InChI=1S/C13H20N4O/c18-13-8-12(15-9-16-13)17-6-3-10(4-7-17)11-2-1-5-14-11/h8-11,14H,1-7H2,(H,15,16,18). The summed E-state index contributed by atoms with van der Waals surface area (Å²) in [4.78, 5) is 20.3. The highest BCUT2D eigenvalue weighted by atomic mass is 16.1. The largest absolute Gasteiger partial charge is 0.356 e. The maximum atomic E-state index is 11.3. The zero-order valence-electron chi connectivity index (χ0n) is 10.6. The van der Waals surface area contributed by atoms with E-state index in [4.69, 9.17) is 0 Å². The minimum Gasteiger partial charge on any atom is -0.356 e. The van der Waals surface area contributed by atoms with Gasteiger partial charge in [0.25, 0.3) is 5.56 Å². The predicted octanol–water partition coefficient (Wildman–Crippen LogP) is 0.738. The van der Waals surface area contributed by atoms with Gasteiger partial charge in [-0.05, 0) is 38.1 Å². The fourth-order valence-electron chi connectivity index (χ4n) is 3.18. The van der Waals surface area contributed by atoms with E-state index in [1.807, 2.05) is 0 Å². The molecule has 1 aromatic heterocycles. The highest BCUT2D eigenvalue weighted by Gasteiger charge is 2.28. The zero-order chi connectivity index (χ0) is 12.4. The predicted molar refractivity (Wildman–Crippen MR) is 70.8 cm³/mol. The van der Waals surface area contributed by atoms with Crippen LogP contribution >= 0.6 is 0 Å². The molecule has 2 N–H and O–H groups in total. The van der Waals surface area contributed by atoms with Gasteiger partial charge < -0.3 is 15.2 Å². The van der Waals surface area contributed by atoms with Crippen LogP contribution in [0.2, 0.25) is 0 Å². The average Bonchev–Trinajstić information content (AvgIpc) is 2.93. The summed E-state index contributed by atoms with van der Waals surface area (Å²) in [6.45, 7) is 3.21. The Balaban J connectivity index is 1.61. The second-order valence-corrected chi connectivity index (χ2v) is 5.30. The number of hydrogen-bond donors (Lipinski definition) is 2. The van der Waals surface area contributed by atoms with Crippen molar-refractivity contribution in [3.05, 3.63) is 22.7 Å². The van der Waals surface area contributed by atoms with Crippen molar-refractivity contribution >= 4 is 5.82 Å². The summed E-state index contributed by atoms with van der Waals surface area (Å²) in [6, 6.07) is 2.31. The van der Waals surface area contributed by atoms with E-state index in [0.717, 1.165) is 30.9 Å². The first kappa shape index (κ1) is 11.7. The smallest absolute Gasteiger partial charge is 0.252 e. The summed E-state index contributed by atoms with van der Waals surface area (Å²) in [5.41, 5.74) is -0.0698. The van der Waals surface area contributed by atoms with Crippen LogP contribution in [0.4, 0.5) is 5.82 Å². The molecule has 0 aliphatic carbocycles. The van der Waals surface area contributed by atoms with Crippen LogP contribution in [0.15, 0.2) is 17.2 Å². The van der Waals surface area contributed by atoms with Gasteiger partial charge in [0, 0.05) is 25.2 Å². The van der Waals surface area contributed by atoms with Crippen molar-refractivity contribution in [2.45, 2.75) is 31.7 Å². The molecule has 0 spiro atoms. The normalized spacial score (nSPS) is 25.6. The molecule has 2 fully saturated rings. The molecule has 3 heterocycles. The minimum atomic E-state index is -0.0698. The molecule has 0 aromatic carbocycles. The fourth-order valence-corrected chi connectivity index (χ4v) is 3.18. The van der Waals surface area contributed by atoms with Crippen LogP contribution in [0.5, 0.6) is 0 Å². The number of anilines is 1. The van der Waals surface area contributed by atoms with Crippen LogP contribution in [-0.4, -0.2) is 35.6 Å². The van der Waals surface area contributed by atoms with Crippen molar-refractivity contribution in [3.8, 4) is 0 Å². The summed E-state index contributed by atoms with van der Waals surface area (Å²) >= 11 is 0. The van der Waals surface area contributed by atoms with Crippen molar-refractivity contribution in [1.29, 1.82) is 0 Å². The maximum absolute atomic E-state index is 11.3. The summed E-state index contributed by atoms with van der Waals surface area (Å²) in [7, 11) is 0. The van der Waals surface area contributed by atoms with Crippen molar-refractivity contribution in [2.75, 3.05) is 24.5 Å². The fraction of sp³-hybridized carbons (Fsp3) is 0.692. The monoisotopic (exact) mass is 248 g/mol. The number of H-pyrrole nitrogens is 1. The van der Waals surface area contributed by atoms with E-state index < -0.39 is 0 Å². The summed E-state index contributed by atoms with van der Waals surface area (Å²) in [6.07, 6.45) is 6.54. The molecule has 2 saturated heterocycles. The quantitative estimate of drug-likeness (QED) is 0.810. The van der Waals surface area contributed by atoms with Crippen molar-refractivity contribution < 1.29 is 0 Å². The molecule has 5 heteroatoms. The first-order valence-electron chi connectivity index (χ1n) is 6.86. The van der Waals surface area contributed by atoms with E-state index >= 15 is 0 Å². The van der Waals surface area contributed by atoms with Crippen molar-refractivity contribution in [3.63, 3.8) is 0 Å². The molecule has 2 aliphatic rings. The molecule has 2 aliphatic heterocycles. The van der Waals surface area contributed by atoms with Gasteiger partial charge in [-0.3, -0.25) is 4.79 Å². The summed E-state index contributed by atoms with van der Waals surface area (Å²) < 4.78 is 0. The lowest BCUT2D eigenvalue weighted by Gasteiger charge is -2.35. The highest BCUT2D eigenvalue weighted by Crippen LogP contribution is 2.27. The van der Waals surface area contributed by atoms with Crippen molar-refractivity contribution in [1.82, 2.24) is 15.3 Å². The number of nitrogens with one attached hydrogen (secondary N) is 2. The van der Waals surface area contributed by atoms with Gasteiger partial charge in [-0.15, -0.1) is 0 Å². The number of rotatable bonds is 2. The Kier molecular flexibility index (Phi) is 3.32. The van der Waals surface area contributed by atoms with Crippen molar-refractivity contribution in [2.24, 2.45) is 5.92 Å². The van der Waals surface area contributed by atoms with Gasteiger partial charge in [-0.25, -0.2) is 4.98 Å². The molecule has 0 radical (unpaired) electrons. The van der Waals surface area contributed by atoms with Crippen LogP contribution in [0.3, 0.4) is 0 Å². The molecule has 0 saturated carbocycles. The highest BCUT2D eigenvalue weighted by molar-refractivity contribution is 5.36. The number of piperidine rings is 1. The van der Waals surface area contributed by atoms with Gasteiger partial charge in [0.2, 0.25) is 0 Å². The second-order valence-electron chi connectivity index (χ2n) is 5.30. The van der Waals surface area contributed by atoms with Gasteiger partial charge in [-0.1, -0.05) is 0 Å². The Bertz CT molecular complexity index is 444. The number of aromatic nitrogens is 2. The van der Waals surface area contributed by atoms with Crippen LogP contribution in [0.25, 0.3) is 0 Å². The van der Waals surface area contributed by atoms with E-state index in [0.29, 0.717) is 0 Å². The van der Waals surface area contributed by atoms with E-state index in [2.05, 4.69) is 20.2 Å². The molecule has 3 rings (SSSR count). The molecule has 0 amide bonds. The van der Waals surface area contributed by atoms with Crippen LogP contribution in [-0.2, 0) is 0 Å². The van der Waals surface area contributed by atoms with Crippen LogP contribution < -0.4 is 15.8 Å². The Morgan fingerprint density at radius 1 is 1.28 bits per heavy atom. The van der Waals surface area contributed by atoms with Gasteiger partial charge in [0.15, 0.2) is 0 Å². The third kappa shape index (κ3) is 2.41. The second kappa shape index (κ2) is 5.10. The molecule has 1 atom stereocenters. The molecule has 0 bridgehead atoms. The molecular weight excluding hydrogens is 228 g/mol.